The number of carbonyl (C=O) groups excluding carboxylic acids is 3. The highest BCUT2D eigenvalue weighted by Crippen LogP contribution is 2.68. The van der Waals surface area contributed by atoms with E-state index in [-0.39, 0.29) is 23.5 Å². The van der Waals surface area contributed by atoms with Gasteiger partial charge >= 0.3 is 12.2 Å². The highest BCUT2D eigenvalue weighted by Gasteiger charge is 2.72. The number of nitrogens with zero attached hydrogens (tertiary/aromatic N) is 1. The monoisotopic (exact) mass is 494 g/mol. The molecule has 8 heteroatoms. The Kier molecular flexibility index (Phi) is 7.58. The van der Waals surface area contributed by atoms with Gasteiger partial charge in [0.25, 0.3) is 0 Å². The van der Waals surface area contributed by atoms with Gasteiger partial charge in [-0.3, -0.25) is 4.79 Å². The third-order valence-electron chi connectivity index (χ3n) is 8.12. The minimum Gasteiger partial charge on any atom is -0.444 e. The molecule has 8 nitrogen and oxygen atoms in total. The number of ether oxygens (including phenoxy) is 2. The number of amides is 2. The fraction of sp³-hybridized carbons (Fsp3) is 0.889. The Bertz CT molecular complexity index is 831. The van der Waals surface area contributed by atoms with Crippen LogP contribution in [0, 0.1) is 29.1 Å². The van der Waals surface area contributed by atoms with Gasteiger partial charge in [-0.15, -0.1) is 0 Å². The molecule has 3 aliphatic carbocycles. The lowest BCUT2D eigenvalue weighted by atomic mass is 9.50. The topological polar surface area (TPSA) is 105 Å². The summed E-state index contributed by atoms with van der Waals surface area (Å²) < 4.78 is 10.9. The van der Waals surface area contributed by atoms with E-state index in [9.17, 15) is 19.5 Å². The molecule has 0 saturated heterocycles. The van der Waals surface area contributed by atoms with Crippen LogP contribution in [0.2, 0.25) is 0 Å². The second-order valence-corrected chi connectivity index (χ2v) is 13.3. The van der Waals surface area contributed by atoms with Gasteiger partial charge in [-0.05, 0) is 97.3 Å². The summed E-state index contributed by atoms with van der Waals surface area (Å²) in [6.45, 7) is 13.8. The molecule has 5 unspecified atom stereocenters. The van der Waals surface area contributed by atoms with Crippen LogP contribution in [0.5, 0.6) is 0 Å². The zero-order valence-corrected chi connectivity index (χ0v) is 22.9. The maximum Gasteiger partial charge on any atom is 0.410 e. The highest BCUT2D eigenvalue weighted by molar-refractivity contribution is 5.89. The van der Waals surface area contributed by atoms with Gasteiger partial charge in [0.15, 0.2) is 0 Å². The molecule has 3 fully saturated rings. The third-order valence-corrected chi connectivity index (χ3v) is 8.12. The van der Waals surface area contributed by atoms with Crippen LogP contribution in [-0.4, -0.2) is 64.9 Å². The van der Waals surface area contributed by atoms with Crippen LogP contribution >= 0.6 is 0 Å². The molecule has 35 heavy (non-hydrogen) atoms. The predicted octanol–water partition coefficient (Wildman–Crippen LogP) is 4.53. The minimum atomic E-state index is -1.07. The molecule has 4 bridgehead atoms. The number of carbonyl (C=O) groups is 3. The molecule has 0 radical (unpaired) electrons. The van der Waals surface area contributed by atoms with E-state index in [2.05, 4.69) is 12.2 Å². The van der Waals surface area contributed by atoms with Crippen LogP contribution in [0.1, 0.15) is 87.0 Å². The fourth-order valence-electron chi connectivity index (χ4n) is 7.12. The fourth-order valence-corrected chi connectivity index (χ4v) is 7.12. The Balaban J connectivity index is 1.80. The number of hydrogen-bond donors (Lipinski definition) is 2. The highest BCUT2D eigenvalue weighted by atomic mass is 16.6. The number of Topliss-reactive ketones (excluding diaryl/α,β-unsaturated/α-hetero) is 1. The van der Waals surface area contributed by atoms with Crippen molar-refractivity contribution in [1.29, 1.82) is 0 Å². The number of alkyl carbamates (subject to hydrolysis) is 1. The average Bonchev–Trinajstić information content (AvgIpc) is 2.82. The maximum atomic E-state index is 13.8. The Morgan fingerprint density at radius 3 is 2.34 bits per heavy atom. The van der Waals surface area contributed by atoms with Gasteiger partial charge < -0.3 is 24.8 Å². The Morgan fingerprint density at radius 1 is 1.11 bits per heavy atom. The Morgan fingerprint density at radius 2 is 1.74 bits per heavy atom. The van der Waals surface area contributed by atoms with Crippen molar-refractivity contribution in [2.24, 2.45) is 29.1 Å². The first-order valence-corrected chi connectivity index (χ1v) is 13.1. The van der Waals surface area contributed by atoms with Crippen LogP contribution < -0.4 is 5.32 Å². The summed E-state index contributed by atoms with van der Waals surface area (Å²) in [6.07, 6.45) is 2.90. The second kappa shape index (κ2) is 9.56. The first kappa shape index (κ1) is 27.8. The van der Waals surface area contributed by atoms with Gasteiger partial charge in [-0.25, -0.2) is 9.59 Å². The van der Waals surface area contributed by atoms with Crippen molar-refractivity contribution in [1.82, 2.24) is 10.2 Å². The molecule has 0 aromatic rings. The van der Waals surface area contributed by atoms with Crippen LogP contribution in [0.3, 0.4) is 0 Å². The van der Waals surface area contributed by atoms with E-state index in [0.29, 0.717) is 44.7 Å². The zero-order chi connectivity index (χ0) is 26.4. The van der Waals surface area contributed by atoms with Crippen LogP contribution in [-0.2, 0) is 14.3 Å². The molecule has 2 amide bonds. The van der Waals surface area contributed by atoms with Gasteiger partial charge in [-0.1, -0.05) is 6.92 Å². The molecule has 200 valence electrons. The van der Waals surface area contributed by atoms with Gasteiger partial charge in [0.2, 0.25) is 0 Å². The zero-order valence-electron chi connectivity index (χ0n) is 22.9. The Labute approximate surface area is 210 Å². The largest absolute Gasteiger partial charge is 0.444 e. The molecule has 0 aromatic heterocycles. The van der Waals surface area contributed by atoms with Crippen LogP contribution in [0.4, 0.5) is 9.59 Å². The van der Waals surface area contributed by atoms with Crippen molar-refractivity contribution in [3.8, 4) is 0 Å². The summed E-state index contributed by atoms with van der Waals surface area (Å²) >= 11 is 0. The molecular formula is C27H46N2O6. The van der Waals surface area contributed by atoms with Crippen molar-refractivity contribution >= 4 is 18.0 Å². The van der Waals surface area contributed by atoms with E-state index >= 15 is 0 Å². The summed E-state index contributed by atoms with van der Waals surface area (Å²) in [5.41, 5.74) is -3.19. The lowest BCUT2D eigenvalue weighted by molar-refractivity contribution is -0.188. The normalized spacial score (nSPS) is 34.4. The van der Waals surface area contributed by atoms with Crippen molar-refractivity contribution in [2.75, 3.05) is 20.1 Å². The molecule has 3 rings (SSSR count). The summed E-state index contributed by atoms with van der Waals surface area (Å²) in [4.78, 5) is 40.2. The van der Waals surface area contributed by atoms with E-state index in [1.54, 1.807) is 11.9 Å². The average molecular weight is 495 g/mol. The lowest BCUT2D eigenvalue weighted by Gasteiger charge is -2.56. The molecule has 2 N–H and O–H groups in total. The molecular weight excluding hydrogens is 448 g/mol. The van der Waals surface area contributed by atoms with E-state index < -0.39 is 34.4 Å². The van der Waals surface area contributed by atoms with Crippen LogP contribution in [0.25, 0.3) is 0 Å². The molecule has 3 aliphatic rings. The predicted molar refractivity (Wildman–Crippen MR) is 133 cm³/mol. The van der Waals surface area contributed by atoms with Gasteiger partial charge in [0.1, 0.15) is 17.0 Å². The van der Waals surface area contributed by atoms with E-state index in [4.69, 9.17) is 9.47 Å². The summed E-state index contributed by atoms with van der Waals surface area (Å²) in [7, 11) is 1.71. The smallest absolute Gasteiger partial charge is 0.410 e. The third kappa shape index (κ3) is 5.62. The van der Waals surface area contributed by atoms with Crippen molar-refractivity contribution in [3.63, 3.8) is 0 Å². The summed E-state index contributed by atoms with van der Waals surface area (Å²) in [6, 6.07) is 0. The first-order valence-electron chi connectivity index (χ1n) is 13.1. The summed E-state index contributed by atoms with van der Waals surface area (Å²) in [5, 5.41) is 15.0. The molecule has 6 atom stereocenters. The minimum absolute atomic E-state index is 0.0623. The lowest BCUT2D eigenvalue weighted by Crippen LogP contribution is -2.63. The SMILES string of the molecule is CC1CC2CC(=O)C3(CCCNC(=O)OC(C)(C)C)[C@@H](CN(C)C(=O)OC(C)(C)C)CC2C3(O)C1. The maximum absolute atomic E-state index is 13.8. The van der Waals surface area contributed by atoms with E-state index in [1.807, 2.05) is 41.5 Å². The molecule has 3 saturated carbocycles. The molecule has 0 spiro atoms. The number of aliphatic hydroxyl groups is 1. The quantitative estimate of drug-likeness (QED) is 0.526. The van der Waals surface area contributed by atoms with Crippen molar-refractivity contribution < 1.29 is 29.0 Å². The molecule has 0 heterocycles. The first-order chi connectivity index (χ1) is 16.0. The van der Waals surface area contributed by atoms with Crippen molar-refractivity contribution in [3.05, 3.63) is 0 Å². The molecule has 0 aromatic carbocycles. The number of ketones is 1. The second-order valence-electron chi connectivity index (χ2n) is 13.3. The number of rotatable bonds is 6. The van der Waals surface area contributed by atoms with E-state index in [0.717, 1.165) is 12.8 Å². The Hall–Kier alpha value is -1.83. The molecule has 0 aliphatic heterocycles. The van der Waals surface area contributed by atoms with Crippen molar-refractivity contribution in [2.45, 2.75) is 104 Å². The standard InChI is InChI=1S/C27H46N2O6/c1-17-12-18-13-21(30)26(10-9-11-28-22(31)34-24(2,3)4)19(14-20(18)27(26,33)15-17)16-29(8)23(32)35-25(5,6)7/h17-20,33H,9-16H2,1-8H3,(H,28,31)/t17?,18?,19-,20?,26?,27?/m1/s1. The van der Waals surface area contributed by atoms with Gasteiger partial charge in [0.05, 0.1) is 11.0 Å². The number of nitrogens with one attached hydrogen (secondary N) is 1. The van der Waals surface area contributed by atoms with E-state index in [1.165, 1.54) is 0 Å². The number of hydrogen-bond acceptors (Lipinski definition) is 6. The summed E-state index contributed by atoms with van der Waals surface area (Å²) in [5.74, 6) is 0.564. The van der Waals surface area contributed by atoms with Gasteiger partial charge in [-0.2, -0.15) is 0 Å². The van der Waals surface area contributed by atoms with Gasteiger partial charge in [0, 0.05) is 26.6 Å². The van der Waals surface area contributed by atoms with Crippen LogP contribution in [0.15, 0.2) is 0 Å².